The zero-order valence-corrected chi connectivity index (χ0v) is 13.7. The Bertz CT molecular complexity index is 580. The van der Waals surface area contributed by atoms with E-state index in [1.165, 1.54) is 11.3 Å². The van der Waals surface area contributed by atoms with Gasteiger partial charge in [-0.25, -0.2) is 0 Å². The second-order valence-electron chi connectivity index (χ2n) is 4.65. The van der Waals surface area contributed by atoms with Gasteiger partial charge in [-0.3, -0.25) is 4.68 Å². The smallest absolute Gasteiger partial charge is 0.124 e. The van der Waals surface area contributed by atoms with Crippen LogP contribution in [0.15, 0.2) is 28.9 Å². The highest BCUT2D eigenvalue weighted by Gasteiger charge is 2.09. The molecule has 5 heteroatoms. The van der Waals surface area contributed by atoms with E-state index >= 15 is 0 Å². The third kappa shape index (κ3) is 3.41. The predicted molar refractivity (Wildman–Crippen MR) is 84.1 cm³/mol. The molecular formula is C15H20BrN3O. The van der Waals surface area contributed by atoms with Crippen LogP contribution in [-0.2, 0) is 13.1 Å². The Morgan fingerprint density at radius 2 is 2.15 bits per heavy atom. The Morgan fingerprint density at radius 1 is 1.35 bits per heavy atom. The fourth-order valence-electron chi connectivity index (χ4n) is 2.11. The lowest BCUT2D eigenvalue weighted by atomic mass is 10.2. The summed E-state index contributed by atoms with van der Waals surface area (Å²) < 4.78 is 8.47. The number of aromatic nitrogens is 2. The number of benzene rings is 1. The SMILES string of the molecule is CCNCc1cnn(Cc2cc(Br)ccc2OC)c1C. The van der Waals surface area contributed by atoms with Gasteiger partial charge in [0.25, 0.3) is 0 Å². The summed E-state index contributed by atoms with van der Waals surface area (Å²) in [5, 5.41) is 7.80. The Kier molecular flexibility index (Phi) is 5.20. The van der Waals surface area contributed by atoms with Crippen molar-refractivity contribution in [3.05, 3.63) is 45.7 Å². The lowest BCUT2D eigenvalue weighted by Crippen LogP contribution is -2.13. The number of hydrogen-bond acceptors (Lipinski definition) is 3. The minimum atomic E-state index is 0.709. The number of ether oxygens (including phenoxy) is 1. The van der Waals surface area contributed by atoms with Crippen LogP contribution in [0.2, 0.25) is 0 Å². The molecule has 0 amide bonds. The summed E-state index contributed by atoms with van der Waals surface area (Å²) in [5.74, 6) is 0.885. The van der Waals surface area contributed by atoms with Gasteiger partial charge in [-0.05, 0) is 31.7 Å². The molecule has 4 nitrogen and oxygen atoms in total. The van der Waals surface area contributed by atoms with Gasteiger partial charge in [0.15, 0.2) is 0 Å². The molecule has 1 aromatic carbocycles. The maximum absolute atomic E-state index is 5.41. The fraction of sp³-hybridized carbons (Fsp3) is 0.400. The molecule has 0 unspecified atom stereocenters. The molecule has 0 radical (unpaired) electrons. The van der Waals surface area contributed by atoms with Gasteiger partial charge in [0.05, 0.1) is 19.9 Å². The van der Waals surface area contributed by atoms with Crippen molar-refractivity contribution in [2.75, 3.05) is 13.7 Å². The van der Waals surface area contributed by atoms with Crippen molar-refractivity contribution in [1.82, 2.24) is 15.1 Å². The first-order valence-electron chi connectivity index (χ1n) is 6.70. The number of hydrogen-bond donors (Lipinski definition) is 1. The molecule has 0 saturated carbocycles. The van der Waals surface area contributed by atoms with Crippen molar-refractivity contribution in [3.63, 3.8) is 0 Å². The maximum Gasteiger partial charge on any atom is 0.124 e. The topological polar surface area (TPSA) is 39.1 Å². The summed E-state index contributed by atoms with van der Waals surface area (Å²) in [5.41, 5.74) is 3.54. The van der Waals surface area contributed by atoms with Crippen LogP contribution in [0.5, 0.6) is 5.75 Å². The Hall–Kier alpha value is -1.33. The molecule has 20 heavy (non-hydrogen) atoms. The molecule has 0 spiro atoms. The normalized spacial score (nSPS) is 10.8. The third-order valence-corrected chi connectivity index (χ3v) is 3.83. The molecule has 1 aromatic heterocycles. The third-order valence-electron chi connectivity index (χ3n) is 3.33. The Balaban J connectivity index is 2.22. The van der Waals surface area contributed by atoms with Crippen molar-refractivity contribution < 1.29 is 4.74 Å². The number of nitrogens with zero attached hydrogens (tertiary/aromatic N) is 2. The van der Waals surface area contributed by atoms with Crippen LogP contribution in [0.25, 0.3) is 0 Å². The number of nitrogens with one attached hydrogen (secondary N) is 1. The highest BCUT2D eigenvalue weighted by atomic mass is 79.9. The fourth-order valence-corrected chi connectivity index (χ4v) is 2.52. The quantitative estimate of drug-likeness (QED) is 0.880. The average Bonchev–Trinajstić information content (AvgIpc) is 2.78. The lowest BCUT2D eigenvalue weighted by Gasteiger charge is -2.11. The van der Waals surface area contributed by atoms with Crippen molar-refractivity contribution >= 4 is 15.9 Å². The van der Waals surface area contributed by atoms with E-state index in [1.807, 2.05) is 23.0 Å². The van der Waals surface area contributed by atoms with Crippen LogP contribution < -0.4 is 10.1 Å². The summed E-state index contributed by atoms with van der Waals surface area (Å²) in [6, 6.07) is 6.02. The standard InChI is InChI=1S/C15H20BrN3O/c1-4-17-8-13-9-18-19(11(13)2)10-12-7-14(16)5-6-15(12)20-3/h5-7,9,17H,4,8,10H2,1-3H3. The molecule has 0 fully saturated rings. The van der Waals surface area contributed by atoms with E-state index in [4.69, 9.17) is 4.74 Å². The van der Waals surface area contributed by atoms with Crippen LogP contribution in [0.1, 0.15) is 23.7 Å². The van der Waals surface area contributed by atoms with Gasteiger partial charge in [0.1, 0.15) is 5.75 Å². The van der Waals surface area contributed by atoms with Crippen LogP contribution in [0, 0.1) is 6.92 Å². The number of halogens is 1. The van der Waals surface area contributed by atoms with E-state index in [1.54, 1.807) is 7.11 Å². The molecule has 2 aromatic rings. The molecule has 0 bridgehead atoms. The van der Waals surface area contributed by atoms with Crippen molar-refractivity contribution in [3.8, 4) is 5.75 Å². The molecule has 0 saturated heterocycles. The zero-order chi connectivity index (χ0) is 14.5. The van der Waals surface area contributed by atoms with Gasteiger partial charge < -0.3 is 10.1 Å². The predicted octanol–water partition coefficient (Wildman–Crippen LogP) is 3.12. The van der Waals surface area contributed by atoms with Gasteiger partial charge in [-0.1, -0.05) is 22.9 Å². The van der Waals surface area contributed by atoms with E-state index in [-0.39, 0.29) is 0 Å². The highest BCUT2D eigenvalue weighted by molar-refractivity contribution is 9.10. The van der Waals surface area contributed by atoms with Gasteiger partial charge in [-0.2, -0.15) is 5.10 Å². The zero-order valence-electron chi connectivity index (χ0n) is 12.1. The average molecular weight is 338 g/mol. The van der Waals surface area contributed by atoms with Gasteiger partial charge in [0.2, 0.25) is 0 Å². The first-order chi connectivity index (χ1) is 9.65. The number of rotatable bonds is 6. The van der Waals surface area contributed by atoms with Crippen LogP contribution in [0.4, 0.5) is 0 Å². The monoisotopic (exact) mass is 337 g/mol. The molecule has 1 N–H and O–H groups in total. The van der Waals surface area contributed by atoms with Gasteiger partial charge >= 0.3 is 0 Å². The second-order valence-corrected chi connectivity index (χ2v) is 5.57. The molecule has 1 heterocycles. The molecule has 0 aliphatic heterocycles. The van der Waals surface area contributed by atoms with E-state index in [0.29, 0.717) is 6.54 Å². The van der Waals surface area contributed by atoms with Crippen LogP contribution in [0.3, 0.4) is 0 Å². The molecule has 0 atom stereocenters. The first kappa shape index (κ1) is 15.1. The number of methoxy groups -OCH3 is 1. The first-order valence-corrected chi connectivity index (χ1v) is 7.49. The summed E-state index contributed by atoms with van der Waals surface area (Å²) in [6.07, 6.45) is 1.93. The summed E-state index contributed by atoms with van der Waals surface area (Å²) >= 11 is 3.50. The van der Waals surface area contributed by atoms with E-state index in [0.717, 1.165) is 28.9 Å². The molecule has 108 valence electrons. The summed E-state index contributed by atoms with van der Waals surface area (Å²) in [7, 11) is 1.69. The molecule has 0 aliphatic carbocycles. The Labute approximate surface area is 128 Å². The molecular weight excluding hydrogens is 318 g/mol. The highest BCUT2D eigenvalue weighted by Crippen LogP contribution is 2.24. The van der Waals surface area contributed by atoms with E-state index in [9.17, 15) is 0 Å². The maximum atomic E-state index is 5.41. The van der Waals surface area contributed by atoms with Crippen LogP contribution in [-0.4, -0.2) is 23.4 Å². The summed E-state index contributed by atoms with van der Waals surface area (Å²) in [4.78, 5) is 0. The summed E-state index contributed by atoms with van der Waals surface area (Å²) in [6.45, 7) is 6.73. The molecule has 0 aliphatic rings. The van der Waals surface area contributed by atoms with Crippen molar-refractivity contribution in [2.24, 2.45) is 0 Å². The minimum Gasteiger partial charge on any atom is -0.496 e. The largest absolute Gasteiger partial charge is 0.496 e. The van der Waals surface area contributed by atoms with Crippen LogP contribution >= 0.6 is 15.9 Å². The lowest BCUT2D eigenvalue weighted by molar-refractivity contribution is 0.407. The second kappa shape index (κ2) is 6.90. The van der Waals surface area contributed by atoms with Gasteiger partial charge in [-0.15, -0.1) is 0 Å². The van der Waals surface area contributed by atoms with E-state index in [2.05, 4.69) is 46.3 Å². The van der Waals surface area contributed by atoms with Crippen molar-refractivity contribution in [1.29, 1.82) is 0 Å². The molecule has 2 rings (SSSR count). The van der Waals surface area contributed by atoms with Gasteiger partial charge in [0, 0.05) is 27.8 Å². The minimum absolute atomic E-state index is 0.709. The van der Waals surface area contributed by atoms with E-state index < -0.39 is 0 Å². The van der Waals surface area contributed by atoms with Crippen molar-refractivity contribution in [2.45, 2.75) is 26.9 Å². The Morgan fingerprint density at radius 3 is 2.85 bits per heavy atom.